The lowest BCUT2D eigenvalue weighted by atomic mass is 10.1. The first-order valence-corrected chi connectivity index (χ1v) is 8.59. The number of hydrogen-bond donors (Lipinski definition) is 0. The van der Waals surface area contributed by atoms with Gasteiger partial charge in [-0.2, -0.15) is 0 Å². The summed E-state index contributed by atoms with van der Waals surface area (Å²) >= 11 is 0.402. The van der Waals surface area contributed by atoms with Gasteiger partial charge in [-0.05, 0) is 27.3 Å². The fourth-order valence-electron chi connectivity index (χ4n) is 0.964. The van der Waals surface area contributed by atoms with Crippen LogP contribution >= 0.6 is 41.5 Å². The van der Waals surface area contributed by atoms with Gasteiger partial charge < -0.3 is 0 Å². The number of rotatable bonds is 1. The lowest BCUT2D eigenvalue weighted by Gasteiger charge is -2.04. The monoisotopic (exact) mass is 382 g/mol. The molecule has 0 aromatic carbocycles. The molecule has 2 aliphatic rings. The molecule has 0 amide bonds. The second-order valence-corrected chi connectivity index (χ2v) is 6.47. The molecule has 2 heterocycles. The maximum atomic E-state index is 2.39. The molecule has 0 radical (unpaired) electrons. The summed E-state index contributed by atoms with van der Waals surface area (Å²) in [5.41, 5.74) is 2.88. The third kappa shape index (κ3) is 2.10. The van der Waals surface area contributed by atoms with Crippen LogP contribution in [-0.2, 0) is 0 Å². The lowest BCUT2D eigenvalue weighted by molar-refractivity contribution is 1.74. The lowest BCUT2D eigenvalue weighted by Crippen LogP contribution is -1.92. The number of allylic oxidation sites excluding steroid dienone is 6. The molecule has 0 saturated heterocycles. The van der Waals surface area contributed by atoms with Crippen LogP contribution in [-0.4, -0.2) is 8.02 Å². The van der Waals surface area contributed by atoms with Crippen molar-refractivity contribution in [2.24, 2.45) is 0 Å². The van der Waals surface area contributed by atoms with E-state index in [0.717, 1.165) is 0 Å². The summed E-state index contributed by atoms with van der Waals surface area (Å²) < 4.78 is 9.36. The molecule has 0 saturated carbocycles. The van der Waals surface area contributed by atoms with E-state index in [9.17, 15) is 0 Å². The van der Waals surface area contributed by atoms with Crippen molar-refractivity contribution in [3.8, 4) is 0 Å². The molecule has 62 valence electrons. The molecule has 0 N–H and O–H groups in total. The zero-order valence-electron chi connectivity index (χ0n) is 6.37. The molecule has 0 fully saturated rings. The van der Waals surface area contributed by atoms with Gasteiger partial charge in [0.15, 0.2) is 0 Å². The fourth-order valence-corrected chi connectivity index (χ4v) is 4.18. The zero-order valence-corrected chi connectivity index (χ0v) is 10.7. The molecule has 0 spiro atoms. The van der Waals surface area contributed by atoms with E-state index in [0.29, 0.717) is 0 Å². The normalized spacial score (nSPS) is 20.7. The van der Waals surface area contributed by atoms with Crippen LogP contribution in [0.3, 0.4) is 0 Å². The van der Waals surface area contributed by atoms with Gasteiger partial charge in [-0.15, -0.1) is 0 Å². The topological polar surface area (TPSA) is 0 Å². The largest absolute Gasteiger partial charge is 0.0931 e. The van der Waals surface area contributed by atoms with Crippen LogP contribution in [0.25, 0.3) is 0 Å². The molecule has 0 unspecified atom stereocenters. The molecule has 0 atom stereocenters. The van der Waals surface area contributed by atoms with Crippen molar-refractivity contribution in [3.05, 3.63) is 43.6 Å². The Hall–Kier alpha value is 0.160. The van der Waals surface area contributed by atoms with Crippen LogP contribution in [0, 0.1) is 0 Å². The molecular weight excluding hydrogens is 374 g/mol. The van der Waals surface area contributed by atoms with Crippen molar-refractivity contribution in [3.63, 3.8) is 0 Å². The minimum Gasteiger partial charge on any atom is -0.0931 e. The predicted molar refractivity (Wildman–Crippen MR) is 74.6 cm³/mol. The van der Waals surface area contributed by atoms with Gasteiger partial charge >= 0.3 is 0 Å². The van der Waals surface area contributed by atoms with Gasteiger partial charge in [0.25, 0.3) is 0 Å². The van der Waals surface area contributed by atoms with Gasteiger partial charge in [-0.3, -0.25) is 0 Å². The van der Waals surface area contributed by atoms with Crippen LogP contribution in [0.15, 0.2) is 43.6 Å². The molecule has 2 aliphatic heterocycles. The molecule has 0 aliphatic carbocycles. The summed E-state index contributed by atoms with van der Waals surface area (Å²) in [6.45, 7) is 0. The van der Waals surface area contributed by atoms with Crippen LogP contribution in [0.1, 0.15) is 0 Å². The first-order chi connectivity index (χ1) is 5.97. The summed E-state index contributed by atoms with van der Waals surface area (Å²) in [7, 11) is 0. The van der Waals surface area contributed by atoms with E-state index in [4.69, 9.17) is 0 Å². The minimum atomic E-state index is 0.201. The molecule has 2 heteroatoms. The van der Waals surface area contributed by atoms with Crippen molar-refractivity contribution in [1.82, 2.24) is 0 Å². The highest BCUT2D eigenvalue weighted by molar-refractivity contribution is 14.2. The summed E-state index contributed by atoms with van der Waals surface area (Å²) in [5, 5.41) is 0. The van der Waals surface area contributed by atoms with E-state index >= 15 is 0 Å². The van der Waals surface area contributed by atoms with Crippen molar-refractivity contribution < 1.29 is 0 Å². The second-order valence-electron chi connectivity index (χ2n) is 2.35. The smallest absolute Gasteiger partial charge is 0.0123 e. The molecular formula is C10H8I2. The van der Waals surface area contributed by atoms with E-state index < -0.39 is 0 Å². The molecule has 0 bridgehead atoms. The minimum absolute atomic E-state index is 0.201. The van der Waals surface area contributed by atoms with Gasteiger partial charge in [0, 0.05) is 0 Å². The average molecular weight is 382 g/mol. The Kier molecular flexibility index (Phi) is 3.21. The highest BCUT2D eigenvalue weighted by atomic mass is 127. The fraction of sp³-hybridized carbons (Fsp3) is 0. The highest BCUT2D eigenvalue weighted by Gasteiger charge is 1.99. The first kappa shape index (κ1) is 8.74. The zero-order chi connectivity index (χ0) is 8.23. The average Bonchev–Trinajstić information content (AvgIpc) is 2.21. The van der Waals surface area contributed by atoms with Gasteiger partial charge in [0.1, 0.15) is 0 Å². The molecule has 2 rings (SSSR count). The molecule has 0 aromatic heterocycles. The Morgan fingerprint density at radius 2 is 1.25 bits per heavy atom. The van der Waals surface area contributed by atoms with Crippen molar-refractivity contribution in [2.45, 2.75) is 0 Å². The maximum absolute atomic E-state index is 2.39. The van der Waals surface area contributed by atoms with Crippen molar-refractivity contribution >= 4 is 49.5 Å². The predicted octanol–water partition coefficient (Wildman–Crippen LogP) is 3.44. The quantitative estimate of drug-likeness (QED) is 0.610. The summed E-state index contributed by atoms with van der Waals surface area (Å²) in [5.74, 6) is 0. The van der Waals surface area contributed by atoms with Gasteiger partial charge in [-0.25, -0.2) is 0 Å². The third-order valence-corrected chi connectivity index (χ3v) is 5.26. The Morgan fingerprint density at radius 1 is 0.750 bits per heavy atom. The Labute approximate surface area is 92.2 Å². The summed E-state index contributed by atoms with van der Waals surface area (Å²) in [4.78, 5) is 0. The van der Waals surface area contributed by atoms with Crippen molar-refractivity contribution in [2.75, 3.05) is 0 Å². The molecule has 0 nitrogen and oxygen atoms in total. The van der Waals surface area contributed by atoms with Crippen LogP contribution in [0.5, 0.6) is 0 Å². The van der Waals surface area contributed by atoms with Crippen LogP contribution in [0.2, 0.25) is 0 Å². The Morgan fingerprint density at radius 3 is 1.58 bits per heavy atom. The number of hydrogen-bond acceptors (Lipinski definition) is 0. The highest BCUT2D eigenvalue weighted by Crippen LogP contribution is 2.19. The van der Waals surface area contributed by atoms with E-state index in [-0.39, 0.29) is 41.5 Å². The Balaban J connectivity index is 2.31. The van der Waals surface area contributed by atoms with Gasteiger partial charge in [0.05, 0.1) is 0 Å². The van der Waals surface area contributed by atoms with E-state index in [1.807, 2.05) is 0 Å². The van der Waals surface area contributed by atoms with Gasteiger partial charge in [-0.1, -0.05) is 65.8 Å². The standard InChI is InChI=1S/C10H8I2/c1-3-9(7-11-5-1)10-4-2-6-12-8-10/h1-8H. The van der Waals surface area contributed by atoms with Crippen molar-refractivity contribution in [1.29, 1.82) is 0 Å². The van der Waals surface area contributed by atoms with E-state index in [1.54, 1.807) is 0 Å². The van der Waals surface area contributed by atoms with E-state index in [1.165, 1.54) is 11.1 Å². The Bertz CT molecular complexity index is 316. The summed E-state index contributed by atoms with van der Waals surface area (Å²) in [6, 6.07) is 0. The third-order valence-electron chi connectivity index (χ3n) is 1.54. The maximum Gasteiger partial charge on any atom is -0.0123 e. The first-order valence-electron chi connectivity index (χ1n) is 3.61. The van der Waals surface area contributed by atoms with E-state index in [2.05, 4.69) is 40.5 Å². The molecule has 0 aromatic rings. The molecule has 12 heavy (non-hydrogen) atoms. The number of halogens is 2. The van der Waals surface area contributed by atoms with Gasteiger partial charge in [0.2, 0.25) is 0 Å². The summed E-state index contributed by atoms with van der Waals surface area (Å²) in [6.07, 6.45) is 8.81. The second kappa shape index (κ2) is 4.41. The SMILES string of the molecule is C1=CI=CC(C2=CC=CI=C2)=C1. The van der Waals surface area contributed by atoms with Crippen LogP contribution in [0.4, 0.5) is 0 Å². The van der Waals surface area contributed by atoms with Crippen LogP contribution < -0.4 is 0 Å².